The van der Waals surface area contributed by atoms with Crippen molar-refractivity contribution < 1.29 is 19.1 Å². The molecular formula is C23H30N2O4. The van der Waals surface area contributed by atoms with Gasteiger partial charge in [0.25, 0.3) is 5.91 Å². The fourth-order valence-corrected chi connectivity index (χ4v) is 4.64. The number of benzene rings is 1. The van der Waals surface area contributed by atoms with Gasteiger partial charge in [0, 0.05) is 36.2 Å². The molecule has 6 heteroatoms. The molecule has 2 aliphatic carbocycles. The van der Waals surface area contributed by atoms with E-state index in [0.29, 0.717) is 35.9 Å². The number of hydrogen-bond acceptors (Lipinski definition) is 4. The number of hydrogen-bond donors (Lipinski definition) is 1. The lowest BCUT2D eigenvalue weighted by molar-refractivity contribution is -0.134. The first kappa shape index (κ1) is 19.8. The fraction of sp³-hybridized carbons (Fsp3) is 0.565. The van der Waals surface area contributed by atoms with Crippen molar-refractivity contribution in [3.8, 4) is 11.5 Å². The van der Waals surface area contributed by atoms with Gasteiger partial charge in [0.05, 0.1) is 14.2 Å². The zero-order valence-corrected chi connectivity index (χ0v) is 17.3. The Balaban J connectivity index is 1.50. The molecule has 1 N–H and O–H groups in total. The minimum atomic E-state index is -0.132. The number of nitrogens with one attached hydrogen (secondary N) is 1. The Morgan fingerprint density at radius 2 is 2.00 bits per heavy atom. The number of carbonyl (C=O) groups is 2. The van der Waals surface area contributed by atoms with Crippen molar-refractivity contribution in [2.45, 2.75) is 44.9 Å². The number of amides is 2. The van der Waals surface area contributed by atoms with Gasteiger partial charge in [-0.2, -0.15) is 0 Å². The van der Waals surface area contributed by atoms with Crippen LogP contribution in [0.25, 0.3) is 0 Å². The van der Waals surface area contributed by atoms with Crippen LogP contribution in [0.5, 0.6) is 11.5 Å². The van der Waals surface area contributed by atoms with Crippen molar-refractivity contribution in [2.75, 3.05) is 27.3 Å². The van der Waals surface area contributed by atoms with E-state index in [-0.39, 0.29) is 17.2 Å². The van der Waals surface area contributed by atoms with Gasteiger partial charge < -0.3 is 19.7 Å². The Morgan fingerprint density at radius 1 is 1.21 bits per heavy atom. The number of allylic oxidation sites excluding steroid dienone is 1. The average molecular weight is 399 g/mol. The summed E-state index contributed by atoms with van der Waals surface area (Å²) in [6.07, 6.45) is 9.18. The van der Waals surface area contributed by atoms with Gasteiger partial charge >= 0.3 is 0 Å². The number of likely N-dealkylation sites (tertiary alicyclic amines) is 1. The SMILES string of the molecule is COc1ccc(C(=O)NCC23CCCC=C2N(CC2CC2)C(=O)CC3)cc1OC. The molecule has 0 bridgehead atoms. The average Bonchev–Trinajstić information content (AvgIpc) is 3.58. The maximum absolute atomic E-state index is 12.9. The van der Waals surface area contributed by atoms with E-state index in [1.165, 1.54) is 12.8 Å². The smallest absolute Gasteiger partial charge is 0.251 e. The van der Waals surface area contributed by atoms with Crippen LogP contribution in [0.3, 0.4) is 0 Å². The van der Waals surface area contributed by atoms with Gasteiger partial charge in [-0.25, -0.2) is 0 Å². The second-order valence-electron chi connectivity index (χ2n) is 8.46. The Morgan fingerprint density at radius 3 is 2.72 bits per heavy atom. The molecule has 1 atom stereocenters. The van der Waals surface area contributed by atoms with Crippen molar-refractivity contribution in [3.05, 3.63) is 35.5 Å². The summed E-state index contributed by atoms with van der Waals surface area (Å²) in [4.78, 5) is 27.5. The Hall–Kier alpha value is -2.50. The number of carbonyl (C=O) groups excluding carboxylic acids is 2. The predicted octanol–water partition coefficient (Wildman–Crippen LogP) is 3.52. The molecule has 2 amide bonds. The molecule has 6 nitrogen and oxygen atoms in total. The van der Waals surface area contributed by atoms with Gasteiger partial charge in [-0.3, -0.25) is 9.59 Å². The first-order valence-electron chi connectivity index (χ1n) is 10.6. The third-order valence-corrected chi connectivity index (χ3v) is 6.52. The van der Waals surface area contributed by atoms with E-state index in [0.717, 1.165) is 37.9 Å². The van der Waals surface area contributed by atoms with E-state index in [9.17, 15) is 9.59 Å². The topological polar surface area (TPSA) is 67.9 Å². The minimum absolute atomic E-state index is 0.129. The summed E-state index contributed by atoms with van der Waals surface area (Å²) in [6, 6.07) is 5.19. The van der Waals surface area contributed by atoms with E-state index in [2.05, 4.69) is 11.4 Å². The molecule has 0 radical (unpaired) electrons. The summed E-state index contributed by atoms with van der Waals surface area (Å²) in [5, 5.41) is 3.14. The number of rotatable bonds is 7. The van der Waals surface area contributed by atoms with Gasteiger partial charge in [0.2, 0.25) is 5.91 Å². The van der Waals surface area contributed by atoms with Crippen LogP contribution < -0.4 is 14.8 Å². The van der Waals surface area contributed by atoms with E-state index >= 15 is 0 Å². The molecule has 156 valence electrons. The van der Waals surface area contributed by atoms with Gasteiger partial charge in [0.15, 0.2) is 11.5 Å². The highest BCUT2D eigenvalue weighted by molar-refractivity contribution is 5.95. The largest absolute Gasteiger partial charge is 0.493 e. The fourth-order valence-electron chi connectivity index (χ4n) is 4.64. The zero-order chi connectivity index (χ0) is 20.4. The van der Waals surface area contributed by atoms with E-state index in [4.69, 9.17) is 9.47 Å². The van der Waals surface area contributed by atoms with Crippen LogP contribution in [0.1, 0.15) is 55.3 Å². The molecule has 1 saturated heterocycles. The molecule has 1 heterocycles. The molecular weight excluding hydrogens is 368 g/mol. The van der Waals surface area contributed by atoms with Crippen LogP contribution in [0.2, 0.25) is 0 Å². The minimum Gasteiger partial charge on any atom is -0.493 e. The van der Waals surface area contributed by atoms with Crippen LogP contribution in [-0.2, 0) is 4.79 Å². The van der Waals surface area contributed by atoms with Gasteiger partial charge in [-0.1, -0.05) is 6.08 Å². The maximum atomic E-state index is 12.9. The molecule has 1 saturated carbocycles. The van der Waals surface area contributed by atoms with Crippen LogP contribution >= 0.6 is 0 Å². The molecule has 2 fully saturated rings. The summed E-state index contributed by atoms with van der Waals surface area (Å²) >= 11 is 0. The standard InChI is InChI=1S/C23H30N2O4/c1-28-18-9-8-17(13-19(18)29-2)22(27)24-15-23-11-4-3-5-20(23)25(14-16-6-7-16)21(26)10-12-23/h5,8-9,13,16H,3-4,6-7,10-12,14-15H2,1-2H3,(H,24,27). The number of nitrogens with zero attached hydrogens (tertiary/aromatic N) is 1. The van der Waals surface area contributed by atoms with Gasteiger partial charge in [0.1, 0.15) is 0 Å². The number of piperidine rings is 1. The van der Waals surface area contributed by atoms with E-state index < -0.39 is 0 Å². The molecule has 0 spiro atoms. The molecule has 1 aliphatic heterocycles. The Bertz CT molecular complexity index is 830. The third-order valence-electron chi connectivity index (χ3n) is 6.52. The molecule has 1 unspecified atom stereocenters. The number of methoxy groups -OCH3 is 2. The summed E-state index contributed by atoms with van der Waals surface area (Å²) in [5.74, 6) is 1.90. The highest BCUT2D eigenvalue weighted by atomic mass is 16.5. The highest BCUT2D eigenvalue weighted by Crippen LogP contribution is 2.47. The lowest BCUT2D eigenvalue weighted by Crippen LogP contribution is -2.51. The summed E-state index contributed by atoms with van der Waals surface area (Å²) in [6.45, 7) is 1.40. The Labute approximate surface area is 172 Å². The number of fused-ring (bicyclic) bond motifs is 1. The summed E-state index contributed by atoms with van der Waals surface area (Å²) in [7, 11) is 3.14. The quantitative estimate of drug-likeness (QED) is 0.763. The van der Waals surface area contributed by atoms with Gasteiger partial charge in [-0.05, 0) is 62.6 Å². The molecule has 29 heavy (non-hydrogen) atoms. The zero-order valence-electron chi connectivity index (χ0n) is 17.3. The molecule has 0 aromatic heterocycles. The Kier molecular flexibility index (Phi) is 5.52. The molecule has 1 aromatic carbocycles. The third kappa shape index (κ3) is 3.98. The lowest BCUT2D eigenvalue weighted by Gasteiger charge is -2.47. The normalized spacial score (nSPS) is 23.9. The van der Waals surface area contributed by atoms with Crippen LogP contribution in [0.4, 0.5) is 0 Å². The molecule has 4 rings (SSSR count). The summed E-state index contributed by atoms with van der Waals surface area (Å²) in [5.41, 5.74) is 1.56. The van der Waals surface area contributed by atoms with Crippen molar-refractivity contribution in [1.82, 2.24) is 10.2 Å². The number of ether oxygens (including phenoxy) is 2. The lowest BCUT2D eigenvalue weighted by atomic mass is 9.69. The molecule has 1 aromatic rings. The second-order valence-corrected chi connectivity index (χ2v) is 8.46. The first-order chi connectivity index (χ1) is 14.1. The van der Waals surface area contributed by atoms with Crippen molar-refractivity contribution in [2.24, 2.45) is 11.3 Å². The van der Waals surface area contributed by atoms with Crippen LogP contribution in [0, 0.1) is 11.3 Å². The first-order valence-corrected chi connectivity index (χ1v) is 10.6. The van der Waals surface area contributed by atoms with Gasteiger partial charge in [-0.15, -0.1) is 0 Å². The van der Waals surface area contributed by atoms with Crippen molar-refractivity contribution in [1.29, 1.82) is 0 Å². The van der Waals surface area contributed by atoms with E-state index in [1.807, 2.05) is 4.90 Å². The molecule has 3 aliphatic rings. The van der Waals surface area contributed by atoms with Crippen molar-refractivity contribution in [3.63, 3.8) is 0 Å². The highest BCUT2D eigenvalue weighted by Gasteiger charge is 2.45. The second kappa shape index (κ2) is 8.09. The predicted molar refractivity (Wildman–Crippen MR) is 110 cm³/mol. The monoisotopic (exact) mass is 398 g/mol. The maximum Gasteiger partial charge on any atom is 0.251 e. The van der Waals surface area contributed by atoms with E-state index in [1.54, 1.807) is 32.4 Å². The van der Waals surface area contributed by atoms with Crippen LogP contribution in [-0.4, -0.2) is 44.0 Å². The summed E-state index contributed by atoms with van der Waals surface area (Å²) < 4.78 is 10.6. The van der Waals surface area contributed by atoms with Crippen molar-refractivity contribution >= 4 is 11.8 Å². The van der Waals surface area contributed by atoms with Crippen LogP contribution in [0.15, 0.2) is 30.0 Å².